The van der Waals surface area contributed by atoms with Crippen LogP contribution in [0.15, 0.2) is 12.1 Å². The number of nitriles is 1. The number of carbonyl (C=O) groups is 1. The Labute approximate surface area is 99.4 Å². The molecule has 0 amide bonds. The Morgan fingerprint density at radius 2 is 2.33 bits per heavy atom. The maximum Gasteiger partial charge on any atom is 0.159 e. The number of hydrogen-bond donors (Lipinski definition) is 1. The molecule has 0 aliphatic carbocycles. The summed E-state index contributed by atoms with van der Waals surface area (Å²) in [6.07, 6.45) is 0. The number of Topliss-reactive ketones (excluding diaryl/α,β-unsaturated/α-hetero) is 1. The molecule has 0 aliphatic rings. The lowest BCUT2D eigenvalue weighted by Gasteiger charge is -1.97. The van der Waals surface area contributed by atoms with Crippen LogP contribution in [0.2, 0.25) is 0 Å². The highest BCUT2D eigenvalue weighted by molar-refractivity contribution is 14.1. The maximum atomic E-state index is 11.2. The summed E-state index contributed by atoms with van der Waals surface area (Å²) in [5.41, 5.74) is 1.65. The van der Waals surface area contributed by atoms with Crippen molar-refractivity contribution < 1.29 is 4.79 Å². The number of nitrogens with zero attached hydrogens (tertiary/aromatic N) is 2. The van der Waals surface area contributed by atoms with Gasteiger partial charge >= 0.3 is 0 Å². The molecular weight excluding hydrogens is 305 g/mol. The van der Waals surface area contributed by atoms with Gasteiger partial charge in [0, 0.05) is 5.56 Å². The van der Waals surface area contributed by atoms with Gasteiger partial charge in [-0.3, -0.25) is 9.89 Å². The summed E-state index contributed by atoms with van der Waals surface area (Å²) in [6, 6.07) is 5.37. The Morgan fingerprint density at radius 1 is 1.60 bits per heavy atom. The third-order valence-corrected chi connectivity index (χ3v) is 2.92. The summed E-state index contributed by atoms with van der Waals surface area (Å²) in [6.45, 7) is 1.47. The fourth-order valence-electron chi connectivity index (χ4n) is 1.40. The number of H-pyrrole nitrogens is 1. The summed E-state index contributed by atoms with van der Waals surface area (Å²) in [4.78, 5) is 11.2. The molecule has 0 saturated carbocycles. The molecule has 74 valence electrons. The zero-order valence-corrected chi connectivity index (χ0v) is 9.99. The van der Waals surface area contributed by atoms with Gasteiger partial charge in [0.25, 0.3) is 0 Å². The van der Waals surface area contributed by atoms with Gasteiger partial charge in [0.15, 0.2) is 5.78 Å². The van der Waals surface area contributed by atoms with Crippen LogP contribution in [-0.2, 0) is 0 Å². The summed E-state index contributed by atoms with van der Waals surface area (Å²) in [7, 11) is 0. The molecule has 0 fully saturated rings. The molecule has 1 N–H and O–H groups in total. The van der Waals surface area contributed by atoms with E-state index in [0.717, 1.165) is 9.09 Å². The fourth-order valence-corrected chi connectivity index (χ4v) is 2.09. The van der Waals surface area contributed by atoms with E-state index in [2.05, 4.69) is 38.9 Å². The smallest absolute Gasteiger partial charge is 0.159 e. The molecule has 0 unspecified atom stereocenters. The summed E-state index contributed by atoms with van der Waals surface area (Å²) in [5, 5.41) is 16.6. The molecule has 15 heavy (non-hydrogen) atoms. The Balaban J connectivity index is 2.86. The zero-order chi connectivity index (χ0) is 11.0. The van der Waals surface area contributed by atoms with Gasteiger partial charge < -0.3 is 0 Å². The Hall–Kier alpha value is -1.42. The van der Waals surface area contributed by atoms with Crippen LogP contribution in [-0.4, -0.2) is 16.0 Å². The molecule has 2 aromatic rings. The van der Waals surface area contributed by atoms with Gasteiger partial charge in [-0.15, -0.1) is 0 Å². The van der Waals surface area contributed by atoms with Gasteiger partial charge in [-0.25, -0.2) is 0 Å². The SMILES string of the molecule is CC(=O)c1cc(C#N)c2c(I)[nH]nc2c1. The molecule has 0 bridgehead atoms. The average molecular weight is 311 g/mol. The normalized spacial score (nSPS) is 10.2. The molecule has 1 aromatic heterocycles. The highest BCUT2D eigenvalue weighted by Gasteiger charge is 2.11. The van der Waals surface area contributed by atoms with Gasteiger partial charge in [0.1, 0.15) is 3.70 Å². The van der Waals surface area contributed by atoms with Gasteiger partial charge in [0.2, 0.25) is 0 Å². The number of hydrogen-bond acceptors (Lipinski definition) is 3. The lowest BCUT2D eigenvalue weighted by Crippen LogP contribution is -1.93. The van der Waals surface area contributed by atoms with Crippen LogP contribution in [0.1, 0.15) is 22.8 Å². The number of halogens is 1. The van der Waals surface area contributed by atoms with Crippen molar-refractivity contribution >= 4 is 39.3 Å². The van der Waals surface area contributed by atoms with Crippen molar-refractivity contribution in [2.45, 2.75) is 6.92 Å². The van der Waals surface area contributed by atoms with Crippen LogP contribution in [0.25, 0.3) is 10.9 Å². The molecule has 0 radical (unpaired) electrons. The van der Waals surface area contributed by atoms with E-state index in [1.807, 2.05) is 0 Å². The minimum absolute atomic E-state index is 0.0635. The first kappa shape index (κ1) is 10.1. The van der Waals surface area contributed by atoms with E-state index in [1.165, 1.54) is 6.92 Å². The number of nitrogens with one attached hydrogen (secondary N) is 1. The van der Waals surface area contributed by atoms with Crippen molar-refractivity contribution in [2.75, 3.05) is 0 Å². The van der Waals surface area contributed by atoms with E-state index in [1.54, 1.807) is 12.1 Å². The highest BCUT2D eigenvalue weighted by Crippen LogP contribution is 2.23. The molecule has 5 heteroatoms. The number of carbonyl (C=O) groups excluding carboxylic acids is 1. The molecular formula is C10H6IN3O. The van der Waals surface area contributed by atoms with Crippen molar-refractivity contribution in [1.29, 1.82) is 5.26 Å². The van der Waals surface area contributed by atoms with Gasteiger partial charge in [-0.1, -0.05) is 0 Å². The number of aromatic nitrogens is 2. The Bertz CT molecular complexity index is 594. The number of fused-ring (bicyclic) bond motifs is 1. The molecule has 1 heterocycles. The monoisotopic (exact) mass is 311 g/mol. The second-order valence-electron chi connectivity index (χ2n) is 3.12. The summed E-state index contributed by atoms with van der Waals surface area (Å²) >= 11 is 2.08. The molecule has 0 atom stereocenters. The second kappa shape index (κ2) is 3.62. The maximum absolute atomic E-state index is 11.2. The predicted octanol–water partition coefficient (Wildman–Crippen LogP) is 2.24. The Kier molecular flexibility index (Phi) is 2.44. The standard InChI is InChI=1S/C10H6IN3O/c1-5(15)6-2-7(4-12)9-8(3-6)13-14-10(9)11/h2-3H,1H3,(H,13,14). The van der Waals surface area contributed by atoms with Crippen LogP contribution in [0, 0.1) is 15.0 Å². The lowest BCUT2D eigenvalue weighted by atomic mass is 10.0. The number of benzene rings is 1. The van der Waals surface area contributed by atoms with E-state index < -0.39 is 0 Å². The van der Waals surface area contributed by atoms with E-state index in [0.29, 0.717) is 16.6 Å². The van der Waals surface area contributed by atoms with Crippen molar-refractivity contribution in [1.82, 2.24) is 10.2 Å². The third kappa shape index (κ3) is 1.61. The van der Waals surface area contributed by atoms with E-state index >= 15 is 0 Å². The molecule has 1 aromatic carbocycles. The summed E-state index contributed by atoms with van der Waals surface area (Å²) < 4.78 is 0.814. The molecule has 0 spiro atoms. The third-order valence-electron chi connectivity index (χ3n) is 2.14. The lowest BCUT2D eigenvalue weighted by molar-refractivity contribution is 0.101. The van der Waals surface area contributed by atoms with Crippen molar-refractivity contribution in [2.24, 2.45) is 0 Å². The van der Waals surface area contributed by atoms with E-state index in [4.69, 9.17) is 5.26 Å². The first-order valence-electron chi connectivity index (χ1n) is 4.22. The average Bonchev–Trinajstić information content (AvgIpc) is 2.59. The largest absolute Gasteiger partial charge is 0.295 e. The van der Waals surface area contributed by atoms with Crippen LogP contribution in [0.3, 0.4) is 0 Å². The van der Waals surface area contributed by atoms with E-state index in [-0.39, 0.29) is 5.78 Å². The van der Waals surface area contributed by atoms with Crippen molar-refractivity contribution in [3.8, 4) is 6.07 Å². The van der Waals surface area contributed by atoms with Gasteiger partial charge in [-0.2, -0.15) is 10.4 Å². The zero-order valence-electron chi connectivity index (χ0n) is 7.84. The molecule has 4 nitrogen and oxygen atoms in total. The van der Waals surface area contributed by atoms with Gasteiger partial charge in [0.05, 0.1) is 22.5 Å². The van der Waals surface area contributed by atoms with Crippen LogP contribution < -0.4 is 0 Å². The fraction of sp³-hybridized carbons (Fsp3) is 0.100. The minimum atomic E-state index is -0.0635. The topological polar surface area (TPSA) is 69.5 Å². The molecule has 0 saturated heterocycles. The number of aromatic amines is 1. The van der Waals surface area contributed by atoms with Crippen LogP contribution >= 0.6 is 22.6 Å². The van der Waals surface area contributed by atoms with Crippen LogP contribution in [0.5, 0.6) is 0 Å². The molecule has 0 aliphatic heterocycles. The molecule has 2 rings (SSSR count). The van der Waals surface area contributed by atoms with Crippen molar-refractivity contribution in [3.05, 3.63) is 27.0 Å². The van der Waals surface area contributed by atoms with Gasteiger partial charge in [-0.05, 0) is 41.6 Å². The quantitative estimate of drug-likeness (QED) is 0.648. The Morgan fingerprint density at radius 3 is 2.93 bits per heavy atom. The van der Waals surface area contributed by atoms with Crippen molar-refractivity contribution in [3.63, 3.8) is 0 Å². The predicted molar refractivity (Wildman–Crippen MR) is 63.5 cm³/mol. The first-order valence-corrected chi connectivity index (χ1v) is 5.30. The second-order valence-corrected chi connectivity index (χ2v) is 4.20. The first-order chi connectivity index (χ1) is 7.13. The van der Waals surface area contributed by atoms with Crippen LogP contribution in [0.4, 0.5) is 0 Å². The summed E-state index contributed by atoms with van der Waals surface area (Å²) in [5.74, 6) is -0.0635. The number of ketones is 1. The minimum Gasteiger partial charge on any atom is -0.295 e. The van der Waals surface area contributed by atoms with E-state index in [9.17, 15) is 4.79 Å². The number of rotatable bonds is 1. The highest BCUT2D eigenvalue weighted by atomic mass is 127.